The van der Waals surface area contributed by atoms with Crippen molar-refractivity contribution in [2.45, 2.75) is 32.2 Å². The number of imidazole rings is 1. The van der Waals surface area contributed by atoms with E-state index in [1.165, 1.54) is 10.6 Å². The fourth-order valence-corrected chi connectivity index (χ4v) is 5.72. The summed E-state index contributed by atoms with van der Waals surface area (Å²) >= 11 is 0. The van der Waals surface area contributed by atoms with Gasteiger partial charge in [0.05, 0.1) is 17.5 Å². The molecule has 0 spiro atoms. The number of nitrogens with one attached hydrogen (secondary N) is 1. The quantitative estimate of drug-likeness (QED) is 0.473. The van der Waals surface area contributed by atoms with Crippen LogP contribution < -0.4 is 15.0 Å². The zero-order valence-corrected chi connectivity index (χ0v) is 21.4. The van der Waals surface area contributed by atoms with Gasteiger partial charge in [0.25, 0.3) is 0 Å². The molecular formula is C24H30F2N6O4S. The Labute approximate surface area is 213 Å². The number of aliphatic hydroxyl groups is 1. The summed E-state index contributed by atoms with van der Waals surface area (Å²) in [5, 5.41) is 12.8. The fraction of sp³-hybridized carbons (Fsp3) is 0.500. The summed E-state index contributed by atoms with van der Waals surface area (Å²) in [6.07, 6.45) is 1.81. The molecule has 2 saturated heterocycles. The van der Waals surface area contributed by atoms with E-state index in [1.807, 2.05) is 31.2 Å². The first-order valence-electron chi connectivity index (χ1n) is 12.1. The van der Waals surface area contributed by atoms with E-state index in [-0.39, 0.29) is 23.4 Å². The van der Waals surface area contributed by atoms with Gasteiger partial charge >= 0.3 is 6.55 Å². The van der Waals surface area contributed by atoms with Crippen molar-refractivity contribution in [3.63, 3.8) is 0 Å². The Hall–Kier alpha value is -2.87. The average Bonchev–Trinajstić information content (AvgIpc) is 3.50. The molecule has 0 bridgehead atoms. The summed E-state index contributed by atoms with van der Waals surface area (Å²) < 4.78 is 59.3. The van der Waals surface area contributed by atoms with Crippen LogP contribution in [0.5, 0.6) is 5.88 Å². The number of anilines is 1. The lowest BCUT2D eigenvalue weighted by Crippen LogP contribution is -2.48. The highest BCUT2D eigenvalue weighted by atomic mass is 32.2. The summed E-state index contributed by atoms with van der Waals surface area (Å²) in [6, 6.07) is 9.31. The molecule has 5 rings (SSSR count). The highest BCUT2D eigenvalue weighted by Crippen LogP contribution is 2.34. The molecule has 200 valence electrons. The first kappa shape index (κ1) is 25.8. The Balaban J connectivity index is 1.41. The number of rotatable bonds is 7. The molecule has 4 heterocycles. The molecule has 3 aromatic rings. The lowest BCUT2D eigenvalue weighted by molar-refractivity contribution is 0.0730. The van der Waals surface area contributed by atoms with Crippen LogP contribution >= 0.6 is 0 Å². The number of benzene rings is 1. The number of sulfonamides is 1. The first-order valence-corrected chi connectivity index (χ1v) is 14.0. The third kappa shape index (κ3) is 5.40. The van der Waals surface area contributed by atoms with Crippen molar-refractivity contribution in [1.29, 1.82) is 0 Å². The Morgan fingerprint density at radius 2 is 1.86 bits per heavy atom. The van der Waals surface area contributed by atoms with Crippen LogP contribution in [0.1, 0.15) is 19.9 Å². The van der Waals surface area contributed by atoms with Gasteiger partial charge in [-0.05, 0) is 31.5 Å². The van der Waals surface area contributed by atoms with Crippen LogP contribution in [0.25, 0.3) is 22.3 Å². The van der Waals surface area contributed by atoms with E-state index in [0.29, 0.717) is 50.4 Å². The van der Waals surface area contributed by atoms with E-state index in [4.69, 9.17) is 4.74 Å². The zero-order chi connectivity index (χ0) is 26.3. The lowest BCUT2D eigenvalue weighted by atomic mass is 10.0. The second-order valence-corrected chi connectivity index (χ2v) is 11.5. The smallest absolute Gasteiger partial charge is 0.320 e. The van der Waals surface area contributed by atoms with Crippen LogP contribution in [0.2, 0.25) is 0 Å². The van der Waals surface area contributed by atoms with Crippen LogP contribution in [0.4, 0.5) is 14.5 Å². The van der Waals surface area contributed by atoms with E-state index in [2.05, 4.69) is 20.2 Å². The lowest BCUT2D eigenvalue weighted by Gasteiger charge is -2.34. The normalized spacial score (nSPS) is 22.2. The molecule has 0 aliphatic carbocycles. The molecule has 2 aromatic heterocycles. The maximum Gasteiger partial charge on any atom is 0.320 e. The van der Waals surface area contributed by atoms with E-state index in [9.17, 15) is 22.3 Å². The Kier molecular flexibility index (Phi) is 7.05. The number of fused-ring (bicyclic) bond motifs is 1. The van der Waals surface area contributed by atoms with Gasteiger partial charge in [0.15, 0.2) is 0 Å². The Bertz CT molecular complexity index is 1360. The minimum atomic E-state index is -3.20. The van der Waals surface area contributed by atoms with Crippen molar-refractivity contribution in [3.05, 3.63) is 36.7 Å². The molecule has 0 saturated carbocycles. The molecule has 2 aliphatic heterocycles. The van der Waals surface area contributed by atoms with Gasteiger partial charge in [-0.15, -0.1) is 0 Å². The molecule has 2 fully saturated rings. The van der Waals surface area contributed by atoms with Crippen LogP contribution in [0.15, 0.2) is 36.7 Å². The fourth-order valence-electron chi connectivity index (χ4n) is 4.90. The number of halogens is 2. The van der Waals surface area contributed by atoms with Gasteiger partial charge in [-0.25, -0.2) is 18.4 Å². The zero-order valence-electron chi connectivity index (χ0n) is 20.6. The molecule has 2 N–H and O–H groups in total. The second kappa shape index (κ2) is 10.1. The van der Waals surface area contributed by atoms with Crippen LogP contribution in [0, 0.1) is 5.92 Å². The Morgan fingerprint density at radius 3 is 2.46 bits per heavy atom. The van der Waals surface area contributed by atoms with Crippen molar-refractivity contribution in [2.24, 2.45) is 5.92 Å². The van der Waals surface area contributed by atoms with Crippen molar-refractivity contribution in [2.75, 3.05) is 43.9 Å². The topological polar surface area (TPSA) is 113 Å². The molecule has 1 unspecified atom stereocenters. The van der Waals surface area contributed by atoms with Gasteiger partial charge < -0.3 is 14.7 Å². The molecule has 0 radical (unpaired) electrons. The van der Waals surface area contributed by atoms with E-state index >= 15 is 0 Å². The number of piperazine rings is 1. The summed E-state index contributed by atoms with van der Waals surface area (Å²) in [5.41, 5.74) is 2.72. The molecule has 0 amide bonds. The van der Waals surface area contributed by atoms with Gasteiger partial charge in [0.2, 0.25) is 15.9 Å². The van der Waals surface area contributed by atoms with Crippen molar-refractivity contribution in [1.82, 2.24) is 24.2 Å². The Morgan fingerprint density at radius 1 is 1.16 bits per heavy atom. The summed E-state index contributed by atoms with van der Waals surface area (Å²) in [4.78, 5) is 10.9. The molecule has 2 aliphatic rings. The molecular weight excluding hydrogens is 506 g/mol. The molecule has 3 atom stereocenters. The SMILES string of the molecule is C[C@@H](Oc1nc(-c2ccc(N3CCN(S(C)(=O)=O)CC3)cc2)cc2ncn(C(F)F)c12)[C@H]1CNC(O)C1. The van der Waals surface area contributed by atoms with Crippen LogP contribution in [-0.4, -0.2) is 83.7 Å². The van der Waals surface area contributed by atoms with Gasteiger partial charge in [-0.3, -0.25) is 9.88 Å². The number of hydrogen-bond donors (Lipinski definition) is 2. The number of ether oxygens (including phenoxy) is 1. The first-order chi connectivity index (χ1) is 17.6. The predicted molar refractivity (Wildman–Crippen MR) is 135 cm³/mol. The van der Waals surface area contributed by atoms with Crippen molar-refractivity contribution < 1.29 is 27.0 Å². The van der Waals surface area contributed by atoms with Crippen molar-refractivity contribution >= 4 is 26.7 Å². The van der Waals surface area contributed by atoms with Crippen LogP contribution in [0.3, 0.4) is 0 Å². The standard InChI is InChI=1S/C24H30F2N6O4S/c1-15(17-11-21(33)27-13-17)36-23-22-20(28-14-32(22)24(25)26)12-19(29-23)16-3-5-18(6-4-16)30-7-9-31(10-8-30)37(2,34)35/h3-6,12,14-15,17,21,24,27,33H,7-11,13H2,1-2H3/t15-,17-,21?/m1/s1. The maximum atomic E-state index is 13.7. The maximum absolute atomic E-state index is 13.7. The third-order valence-corrected chi connectivity index (χ3v) is 8.37. The predicted octanol–water partition coefficient (Wildman–Crippen LogP) is 2.27. The largest absolute Gasteiger partial charge is 0.473 e. The molecule has 10 nitrogen and oxygen atoms in total. The van der Waals surface area contributed by atoms with Gasteiger partial charge in [-0.2, -0.15) is 13.1 Å². The summed E-state index contributed by atoms with van der Waals surface area (Å²) in [6.45, 7) is 1.62. The molecule has 13 heteroatoms. The number of aromatic nitrogens is 3. The van der Waals surface area contributed by atoms with E-state index < -0.39 is 22.8 Å². The van der Waals surface area contributed by atoms with E-state index in [0.717, 1.165) is 22.1 Å². The average molecular weight is 537 g/mol. The van der Waals surface area contributed by atoms with Crippen LogP contribution in [-0.2, 0) is 10.0 Å². The number of aliphatic hydroxyl groups excluding tert-OH is 1. The van der Waals surface area contributed by atoms with Gasteiger partial charge in [0, 0.05) is 49.9 Å². The number of hydrogen-bond acceptors (Lipinski definition) is 8. The number of alkyl halides is 2. The van der Waals surface area contributed by atoms with Gasteiger partial charge in [0.1, 0.15) is 24.2 Å². The highest BCUT2D eigenvalue weighted by Gasteiger charge is 2.30. The van der Waals surface area contributed by atoms with E-state index in [1.54, 1.807) is 6.07 Å². The highest BCUT2D eigenvalue weighted by molar-refractivity contribution is 7.88. The second-order valence-electron chi connectivity index (χ2n) is 9.55. The van der Waals surface area contributed by atoms with Crippen molar-refractivity contribution in [3.8, 4) is 17.1 Å². The summed E-state index contributed by atoms with van der Waals surface area (Å²) in [5.74, 6) is 0.0704. The third-order valence-electron chi connectivity index (χ3n) is 7.07. The molecule has 1 aromatic carbocycles. The minimum Gasteiger partial charge on any atom is -0.473 e. The minimum absolute atomic E-state index is 0.000809. The van der Waals surface area contributed by atoms with Gasteiger partial charge in [-0.1, -0.05) is 12.1 Å². The molecule has 37 heavy (non-hydrogen) atoms. The number of nitrogens with zero attached hydrogens (tertiary/aromatic N) is 5. The summed E-state index contributed by atoms with van der Waals surface area (Å²) in [7, 11) is -3.20. The monoisotopic (exact) mass is 536 g/mol. The number of pyridine rings is 1.